The van der Waals surface area contributed by atoms with E-state index in [1.54, 1.807) is 0 Å². The Morgan fingerprint density at radius 2 is 1.42 bits per heavy atom. The summed E-state index contributed by atoms with van der Waals surface area (Å²) >= 11 is 0. The highest BCUT2D eigenvalue weighted by Gasteiger charge is 2.13. The second kappa shape index (κ2) is 11.3. The summed E-state index contributed by atoms with van der Waals surface area (Å²) in [6, 6.07) is 0. The third kappa shape index (κ3) is 8.23. The molecule has 19 heavy (non-hydrogen) atoms. The molecule has 1 nitrogen and oxygen atoms in total. The Morgan fingerprint density at radius 3 is 2.05 bits per heavy atom. The van der Waals surface area contributed by atoms with Crippen LogP contribution in [0.3, 0.4) is 0 Å². The molecule has 0 atom stereocenters. The Bertz CT molecular complexity index is 265. The molecule has 110 valence electrons. The molecule has 0 saturated heterocycles. The summed E-state index contributed by atoms with van der Waals surface area (Å²) in [5.74, 6) is 0.419. The Kier molecular flexibility index (Phi) is 9.75. The summed E-state index contributed by atoms with van der Waals surface area (Å²) in [4.78, 5) is 11.6. The van der Waals surface area contributed by atoms with Crippen LogP contribution in [0.4, 0.5) is 0 Å². The third-order valence-corrected chi connectivity index (χ3v) is 4.16. The van der Waals surface area contributed by atoms with Crippen LogP contribution in [-0.2, 0) is 4.79 Å². The zero-order valence-corrected chi connectivity index (χ0v) is 12.9. The molecule has 1 fully saturated rings. The van der Waals surface area contributed by atoms with Crippen molar-refractivity contribution in [2.75, 3.05) is 0 Å². The van der Waals surface area contributed by atoms with E-state index in [2.05, 4.69) is 13.0 Å². The first kappa shape index (κ1) is 16.5. The van der Waals surface area contributed by atoms with Crippen molar-refractivity contribution >= 4 is 5.78 Å². The van der Waals surface area contributed by atoms with Crippen molar-refractivity contribution in [2.24, 2.45) is 0 Å². The zero-order valence-electron chi connectivity index (χ0n) is 12.9. The summed E-state index contributed by atoms with van der Waals surface area (Å²) in [5.41, 5.74) is 1.13. The van der Waals surface area contributed by atoms with Crippen LogP contribution in [0.2, 0.25) is 0 Å². The van der Waals surface area contributed by atoms with Crippen molar-refractivity contribution in [3.05, 3.63) is 11.6 Å². The largest absolute Gasteiger partial charge is 0.295 e. The fourth-order valence-electron chi connectivity index (χ4n) is 2.85. The highest BCUT2D eigenvalue weighted by Crippen LogP contribution is 2.20. The maximum Gasteiger partial charge on any atom is 0.158 e. The van der Waals surface area contributed by atoms with E-state index in [0.717, 1.165) is 31.3 Å². The number of carbonyl (C=O) groups is 1. The van der Waals surface area contributed by atoms with Crippen LogP contribution in [0.25, 0.3) is 0 Å². The van der Waals surface area contributed by atoms with Gasteiger partial charge in [-0.1, -0.05) is 64.4 Å². The lowest BCUT2D eigenvalue weighted by molar-refractivity contribution is -0.116. The number of allylic oxidation sites excluding steroid dienone is 2. The van der Waals surface area contributed by atoms with Gasteiger partial charge in [0, 0.05) is 6.42 Å². The van der Waals surface area contributed by atoms with Gasteiger partial charge >= 0.3 is 0 Å². The molecule has 0 aromatic heterocycles. The molecule has 1 rings (SSSR count). The lowest BCUT2D eigenvalue weighted by Crippen LogP contribution is -2.08. The second-order valence-corrected chi connectivity index (χ2v) is 5.98. The molecule has 0 aromatic rings. The number of hydrogen-bond donors (Lipinski definition) is 0. The van der Waals surface area contributed by atoms with Gasteiger partial charge in [-0.05, 0) is 37.7 Å². The van der Waals surface area contributed by atoms with Gasteiger partial charge in [0.15, 0.2) is 5.78 Å². The van der Waals surface area contributed by atoms with Gasteiger partial charge in [0.05, 0.1) is 0 Å². The second-order valence-electron chi connectivity index (χ2n) is 5.98. The summed E-state index contributed by atoms with van der Waals surface area (Å²) in [6.07, 6.45) is 19.9. The van der Waals surface area contributed by atoms with Gasteiger partial charge in [0.25, 0.3) is 0 Å². The molecular weight excluding hydrogens is 232 g/mol. The molecule has 0 radical (unpaired) electrons. The molecule has 0 aliphatic heterocycles. The van der Waals surface area contributed by atoms with Gasteiger partial charge in [0.2, 0.25) is 0 Å². The molecule has 0 bridgehead atoms. The number of rotatable bonds is 10. The zero-order chi connectivity index (χ0) is 13.8. The first-order valence-electron chi connectivity index (χ1n) is 8.57. The number of carbonyl (C=O) groups excluding carboxylic acids is 1. The third-order valence-electron chi connectivity index (χ3n) is 4.16. The van der Waals surface area contributed by atoms with E-state index in [1.165, 1.54) is 64.2 Å². The van der Waals surface area contributed by atoms with Gasteiger partial charge in [-0.2, -0.15) is 0 Å². The summed E-state index contributed by atoms with van der Waals surface area (Å²) < 4.78 is 0. The molecular formula is C18H32O. The quantitative estimate of drug-likeness (QED) is 0.350. The Labute approximate surface area is 119 Å². The monoisotopic (exact) mass is 264 g/mol. The molecule has 0 aromatic carbocycles. The standard InChI is InChI=1S/C18H32O/c1-2-3-4-5-6-7-8-9-10-11-14-17-15-12-13-16-18(17)19/h14H,2-13,15-16H2,1H3/b17-14+. The minimum absolute atomic E-state index is 0.419. The van der Waals surface area contributed by atoms with Crippen molar-refractivity contribution in [3.8, 4) is 0 Å². The highest BCUT2D eigenvalue weighted by atomic mass is 16.1. The van der Waals surface area contributed by atoms with E-state index >= 15 is 0 Å². The fourth-order valence-corrected chi connectivity index (χ4v) is 2.85. The number of ketones is 1. The van der Waals surface area contributed by atoms with Crippen molar-refractivity contribution in [1.82, 2.24) is 0 Å². The van der Waals surface area contributed by atoms with Crippen molar-refractivity contribution in [3.63, 3.8) is 0 Å². The van der Waals surface area contributed by atoms with Crippen LogP contribution < -0.4 is 0 Å². The number of hydrogen-bond acceptors (Lipinski definition) is 1. The normalized spacial score (nSPS) is 18.2. The average molecular weight is 264 g/mol. The minimum Gasteiger partial charge on any atom is -0.295 e. The lowest BCUT2D eigenvalue weighted by atomic mass is 9.92. The minimum atomic E-state index is 0.419. The lowest BCUT2D eigenvalue weighted by Gasteiger charge is -2.12. The Hall–Kier alpha value is -0.590. The van der Waals surface area contributed by atoms with Gasteiger partial charge in [-0.15, -0.1) is 0 Å². The smallest absolute Gasteiger partial charge is 0.158 e. The van der Waals surface area contributed by atoms with E-state index in [1.807, 2.05) is 0 Å². The molecule has 1 saturated carbocycles. The first-order valence-corrected chi connectivity index (χ1v) is 8.57. The highest BCUT2D eigenvalue weighted by molar-refractivity contribution is 5.95. The van der Waals surface area contributed by atoms with E-state index in [9.17, 15) is 4.79 Å². The SMILES string of the molecule is CCCCCCCCCCC/C=C1\CCCCC1=O. The van der Waals surface area contributed by atoms with E-state index in [0.29, 0.717) is 5.78 Å². The van der Waals surface area contributed by atoms with Crippen LogP contribution >= 0.6 is 0 Å². The van der Waals surface area contributed by atoms with Gasteiger partial charge in [0.1, 0.15) is 0 Å². The van der Waals surface area contributed by atoms with Crippen molar-refractivity contribution < 1.29 is 4.79 Å². The van der Waals surface area contributed by atoms with Crippen LogP contribution in [0, 0.1) is 0 Å². The van der Waals surface area contributed by atoms with Gasteiger partial charge in [-0.25, -0.2) is 0 Å². The van der Waals surface area contributed by atoms with Crippen molar-refractivity contribution in [1.29, 1.82) is 0 Å². The molecule has 0 amide bonds. The van der Waals surface area contributed by atoms with Gasteiger partial charge in [-0.3, -0.25) is 4.79 Å². The molecule has 1 aliphatic rings. The Morgan fingerprint density at radius 1 is 0.842 bits per heavy atom. The predicted molar refractivity (Wildman–Crippen MR) is 83.4 cm³/mol. The Balaban J connectivity index is 1.90. The van der Waals surface area contributed by atoms with E-state index in [-0.39, 0.29) is 0 Å². The topological polar surface area (TPSA) is 17.1 Å². The summed E-state index contributed by atoms with van der Waals surface area (Å²) in [6.45, 7) is 2.27. The summed E-state index contributed by atoms with van der Waals surface area (Å²) in [5, 5.41) is 0. The molecule has 0 heterocycles. The van der Waals surface area contributed by atoms with Crippen LogP contribution in [-0.4, -0.2) is 5.78 Å². The van der Waals surface area contributed by atoms with Crippen LogP contribution in [0.1, 0.15) is 96.8 Å². The van der Waals surface area contributed by atoms with E-state index < -0.39 is 0 Å². The molecule has 0 unspecified atom stereocenters. The fraction of sp³-hybridized carbons (Fsp3) is 0.833. The predicted octanol–water partition coefficient (Wildman–Crippen LogP) is 5.98. The molecule has 0 N–H and O–H groups in total. The first-order chi connectivity index (χ1) is 9.34. The number of Topliss-reactive ketones (excluding diaryl/α,β-unsaturated/α-hetero) is 1. The molecule has 1 heteroatoms. The molecule has 1 aliphatic carbocycles. The number of unbranched alkanes of at least 4 members (excludes halogenated alkanes) is 9. The summed E-state index contributed by atoms with van der Waals surface area (Å²) in [7, 11) is 0. The van der Waals surface area contributed by atoms with Gasteiger partial charge < -0.3 is 0 Å². The van der Waals surface area contributed by atoms with Crippen LogP contribution in [0.15, 0.2) is 11.6 Å². The van der Waals surface area contributed by atoms with E-state index in [4.69, 9.17) is 0 Å². The van der Waals surface area contributed by atoms with Crippen LogP contribution in [0.5, 0.6) is 0 Å². The maximum atomic E-state index is 11.6. The maximum absolute atomic E-state index is 11.6. The average Bonchev–Trinajstić information content (AvgIpc) is 2.43. The van der Waals surface area contributed by atoms with Crippen molar-refractivity contribution in [2.45, 2.75) is 96.8 Å². The molecule has 0 spiro atoms.